The van der Waals surface area contributed by atoms with Gasteiger partial charge >= 0.3 is 0 Å². The van der Waals surface area contributed by atoms with E-state index in [4.69, 9.17) is 4.98 Å². The highest BCUT2D eigenvalue weighted by molar-refractivity contribution is 7.09. The Labute approximate surface area is 151 Å². The Morgan fingerprint density at radius 1 is 1.24 bits per heavy atom. The van der Waals surface area contributed by atoms with Crippen LogP contribution >= 0.6 is 11.3 Å². The monoisotopic (exact) mass is 359 g/mol. The molecule has 2 atom stereocenters. The Bertz CT molecular complexity index is 825. The van der Waals surface area contributed by atoms with E-state index in [1.807, 2.05) is 13.2 Å². The van der Waals surface area contributed by atoms with Crippen LogP contribution in [0.3, 0.4) is 0 Å². The van der Waals surface area contributed by atoms with Gasteiger partial charge in [0.2, 0.25) is 5.95 Å². The minimum absolute atomic E-state index is 0.327. The molecule has 25 heavy (non-hydrogen) atoms. The Balaban J connectivity index is 1.73. The molecule has 0 saturated heterocycles. The fourth-order valence-corrected chi connectivity index (χ4v) is 3.32. The van der Waals surface area contributed by atoms with Gasteiger partial charge in [-0.25, -0.2) is 4.98 Å². The molecule has 0 fully saturated rings. The fraction of sp³-hybridized carbons (Fsp3) is 0.529. The molecule has 0 aliphatic heterocycles. The molecule has 0 aromatic carbocycles. The third kappa shape index (κ3) is 4.25. The topological polar surface area (TPSA) is 80.5 Å². The molecule has 3 aromatic rings. The second-order valence-electron chi connectivity index (χ2n) is 6.45. The number of hydrogen-bond donors (Lipinski definition) is 2. The number of rotatable bonds is 8. The van der Waals surface area contributed by atoms with Gasteiger partial charge in [-0.2, -0.15) is 4.98 Å². The zero-order valence-electron chi connectivity index (χ0n) is 15.2. The molecular weight excluding hydrogens is 334 g/mol. The number of thiophene rings is 1. The van der Waals surface area contributed by atoms with Gasteiger partial charge in [-0.1, -0.05) is 25.5 Å². The van der Waals surface area contributed by atoms with Crippen molar-refractivity contribution in [1.82, 2.24) is 25.0 Å². The standard InChI is InChI=1S/C17H25N7S/c1-5-11(2)12(3)19-17-20-15-10-25-9-14(15)16(21-17)18-7-6-13-8-24(4)23-22-13/h8-12H,5-7H2,1-4H3,(H2,18,19,20,21). The van der Waals surface area contributed by atoms with Crippen molar-refractivity contribution in [1.29, 1.82) is 0 Å². The molecule has 134 valence electrons. The summed E-state index contributed by atoms with van der Waals surface area (Å²) in [5, 5.41) is 20.2. The summed E-state index contributed by atoms with van der Waals surface area (Å²) in [4.78, 5) is 9.34. The Hall–Kier alpha value is -2.22. The number of anilines is 2. The number of nitrogens with one attached hydrogen (secondary N) is 2. The minimum atomic E-state index is 0.327. The molecule has 2 unspecified atom stereocenters. The van der Waals surface area contributed by atoms with Gasteiger partial charge in [0.25, 0.3) is 0 Å². The molecule has 3 aromatic heterocycles. The van der Waals surface area contributed by atoms with E-state index >= 15 is 0 Å². The molecular formula is C17H25N7S. The van der Waals surface area contributed by atoms with Crippen LogP contribution in [-0.2, 0) is 13.5 Å². The number of aryl methyl sites for hydroxylation is 1. The Kier molecular flexibility index (Phi) is 5.47. The molecule has 7 nitrogen and oxygen atoms in total. The van der Waals surface area contributed by atoms with Gasteiger partial charge in [0, 0.05) is 43.0 Å². The van der Waals surface area contributed by atoms with Crippen LogP contribution in [0.2, 0.25) is 0 Å². The van der Waals surface area contributed by atoms with Gasteiger partial charge < -0.3 is 10.6 Å². The van der Waals surface area contributed by atoms with E-state index in [9.17, 15) is 0 Å². The Morgan fingerprint density at radius 2 is 2.08 bits per heavy atom. The summed E-state index contributed by atoms with van der Waals surface area (Å²) in [6, 6.07) is 0.327. The van der Waals surface area contributed by atoms with Crippen LogP contribution in [0.4, 0.5) is 11.8 Å². The van der Waals surface area contributed by atoms with Crippen LogP contribution in [-0.4, -0.2) is 37.5 Å². The second kappa shape index (κ2) is 7.77. The maximum atomic E-state index is 4.70. The minimum Gasteiger partial charge on any atom is -0.369 e. The van der Waals surface area contributed by atoms with Crippen molar-refractivity contribution in [2.24, 2.45) is 13.0 Å². The van der Waals surface area contributed by atoms with Crippen LogP contribution in [0, 0.1) is 5.92 Å². The molecule has 0 saturated carbocycles. The van der Waals surface area contributed by atoms with Crippen molar-refractivity contribution in [3.8, 4) is 0 Å². The van der Waals surface area contributed by atoms with E-state index in [1.54, 1.807) is 16.0 Å². The van der Waals surface area contributed by atoms with E-state index in [0.717, 1.165) is 41.8 Å². The first-order chi connectivity index (χ1) is 12.1. The van der Waals surface area contributed by atoms with Gasteiger partial charge in [-0.3, -0.25) is 4.68 Å². The van der Waals surface area contributed by atoms with Crippen LogP contribution in [0.5, 0.6) is 0 Å². The largest absolute Gasteiger partial charge is 0.369 e. The number of nitrogens with zero attached hydrogens (tertiary/aromatic N) is 5. The maximum absolute atomic E-state index is 4.70. The summed E-state index contributed by atoms with van der Waals surface area (Å²) in [7, 11) is 1.87. The predicted octanol–water partition coefficient (Wildman–Crippen LogP) is 3.32. The lowest BCUT2D eigenvalue weighted by Crippen LogP contribution is -2.24. The van der Waals surface area contributed by atoms with Crippen molar-refractivity contribution in [3.63, 3.8) is 0 Å². The summed E-state index contributed by atoms with van der Waals surface area (Å²) in [6.07, 6.45) is 3.86. The van der Waals surface area contributed by atoms with Crippen molar-refractivity contribution >= 4 is 34.0 Å². The average molecular weight is 360 g/mol. The summed E-state index contributed by atoms with van der Waals surface area (Å²) in [6.45, 7) is 7.36. The lowest BCUT2D eigenvalue weighted by Gasteiger charge is -2.20. The quantitative estimate of drug-likeness (QED) is 0.642. The molecule has 0 aliphatic rings. The SMILES string of the molecule is CCC(C)C(C)Nc1nc(NCCc2cn(C)nn2)c2cscc2n1. The maximum Gasteiger partial charge on any atom is 0.225 e. The Morgan fingerprint density at radius 3 is 2.80 bits per heavy atom. The molecule has 0 bridgehead atoms. The van der Waals surface area contributed by atoms with E-state index in [1.165, 1.54) is 0 Å². The van der Waals surface area contributed by atoms with Crippen molar-refractivity contribution in [2.75, 3.05) is 17.2 Å². The molecule has 0 amide bonds. The first-order valence-corrected chi connectivity index (χ1v) is 9.60. The van der Waals surface area contributed by atoms with Gasteiger partial charge in [0.1, 0.15) is 5.82 Å². The van der Waals surface area contributed by atoms with Crippen molar-refractivity contribution in [2.45, 2.75) is 39.7 Å². The first kappa shape index (κ1) is 17.6. The normalized spacial score (nSPS) is 13.8. The van der Waals surface area contributed by atoms with Crippen molar-refractivity contribution < 1.29 is 0 Å². The van der Waals surface area contributed by atoms with Gasteiger partial charge in [0.15, 0.2) is 0 Å². The van der Waals surface area contributed by atoms with Crippen LogP contribution < -0.4 is 10.6 Å². The predicted molar refractivity (Wildman–Crippen MR) is 103 cm³/mol. The van der Waals surface area contributed by atoms with Gasteiger partial charge in [-0.15, -0.1) is 16.4 Å². The highest BCUT2D eigenvalue weighted by atomic mass is 32.1. The summed E-state index contributed by atoms with van der Waals surface area (Å²) >= 11 is 1.64. The smallest absolute Gasteiger partial charge is 0.225 e. The van der Waals surface area contributed by atoms with E-state index in [0.29, 0.717) is 17.9 Å². The highest BCUT2D eigenvalue weighted by Gasteiger charge is 2.14. The number of aromatic nitrogens is 5. The van der Waals surface area contributed by atoms with E-state index < -0.39 is 0 Å². The van der Waals surface area contributed by atoms with E-state index in [2.05, 4.69) is 57.5 Å². The van der Waals surface area contributed by atoms with E-state index in [-0.39, 0.29) is 0 Å². The molecule has 3 rings (SSSR count). The summed E-state index contributed by atoms with van der Waals surface area (Å²) in [5.74, 6) is 2.12. The van der Waals surface area contributed by atoms with Gasteiger partial charge in [-0.05, 0) is 12.8 Å². The van der Waals surface area contributed by atoms with Crippen LogP contribution in [0.1, 0.15) is 32.9 Å². The first-order valence-electron chi connectivity index (χ1n) is 8.66. The zero-order chi connectivity index (χ0) is 17.8. The summed E-state index contributed by atoms with van der Waals surface area (Å²) in [5.41, 5.74) is 1.94. The lowest BCUT2D eigenvalue weighted by molar-refractivity contribution is 0.492. The molecule has 0 spiro atoms. The fourth-order valence-electron chi connectivity index (χ4n) is 2.58. The molecule has 0 radical (unpaired) electrons. The molecule has 8 heteroatoms. The average Bonchev–Trinajstić information content (AvgIpc) is 3.22. The second-order valence-corrected chi connectivity index (χ2v) is 7.19. The molecule has 2 N–H and O–H groups in total. The summed E-state index contributed by atoms with van der Waals surface area (Å²) < 4.78 is 1.72. The van der Waals surface area contributed by atoms with Crippen molar-refractivity contribution in [3.05, 3.63) is 22.7 Å². The van der Waals surface area contributed by atoms with Crippen LogP contribution in [0.25, 0.3) is 10.9 Å². The highest BCUT2D eigenvalue weighted by Crippen LogP contribution is 2.26. The number of fused-ring (bicyclic) bond motifs is 1. The molecule has 0 aliphatic carbocycles. The lowest BCUT2D eigenvalue weighted by atomic mass is 10.0. The number of hydrogen-bond acceptors (Lipinski definition) is 7. The third-order valence-electron chi connectivity index (χ3n) is 4.52. The zero-order valence-corrected chi connectivity index (χ0v) is 16.0. The van der Waals surface area contributed by atoms with Gasteiger partial charge in [0.05, 0.1) is 16.6 Å². The van der Waals surface area contributed by atoms with Crippen LogP contribution in [0.15, 0.2) is 17.0 Å². The molecule has 3 heterocycles. The third-order valence-corrected chi connectivity index (χ3v) is 5.25.